The molecule has 0 amide bonds. The summed E-state index contributed by atoms with van der Waals surface area (Å²) in [6.07, 6.45) is 2.04. The smallest absolute Gasteiger partial charge is 0.243 e. The van der Waals surface area contributed by atoms with Crippen LogP contribution in [0.4, 0.5) is 4.39 Å². The molecule has 1 saturated heterocycles. The zero-order chi connectivity index (χ0) is 13.0. The van der Waals surface area contributed by atoms with Crippen LogP contribution in [0.1, 0.15) is 12.8 Å². The Balaban J connectivity index is 2.01. The number of sulfonamides is 1. The van der Waals surface area contributed by atoms with Crippen LogP contribution in [0.25, 0.3) is 0 Å². The summed E-state index contributed by atoms with van der Waals surface area (Å²) >= 11 is 0. The number of rotatable bonds is 4. The minimum Gasteiger partial charge on any atom is -0.316 e. The summed E-state index contributed by atoms with van der Waals surface area (Å²) in [5.74, 6) is -0.438. The van der Waals surface area contributed by atoms with E-state index >= 15 is 0 Å². The van der Waals surface area contributed by atoms with Gasteiger partial charge in [0.15, 0.2) is 0 Å². The fourth-order valence-corrected chi connectivity index (χ4v) is 3.26. The Labute approximate surface area is 107 Å². The molecule has 2 rings (SSSR count). The normalized spacial score (nSPS) is 20.8. The lowest BCUT2D eigenvalue weighted by molar-refractivity contribution is 0.375. The van der Waals surface area contributed by atoms with Gasteiger partial charge in [-0.1, -0.05) is 12.1 Å². The number of hydrogen-bond acceptors (Lipinski definition) is 3. The van der Waals surface area contributed by atoms with E-state index in [0.29, 0.717) is 6.54 Å². The summed E-state index contributed by atoms with van der Waals surface area (Å²) in [6.45, 7) is 2.14. The van der Waals surface area contributed by atoms with E-state index in [4.69, 9.17) is 0 Å². The average molecular weight is 272 g/mol. The molecule has 0 unspecified atom stereocenters. The Kier molecular flexibility index (Phi) is 4.31. The molecule has 0 bridgehead atoms. The van der Waals surface area contributed by atoms with Gasteiger partial charge < -0.3 is 5.32 Å². The van der Waals surface area contributed by atoms with Gasteiger partial charge in [-0.2, -0.15) is 0 Å². The van der Waals surface area contributed by atoms with Gasteiger partial charge in [0.05, 0.1) is 0 Å². The molecule has 100 valence electrons. The van der Waals surface area contributed by atoms with E-state index in [1.807, 2.05) is 0 Å². The van der Waals surface area contributed by atoms with Gasteiger partial charge >= 0.3 is 0 Å². The Morgan fingerprint density at radius 2 is 2.17 bits per heavy atom. The van der Waals surface area contributed by atoms with Crippen LogP contribution in [-0.4, -0.2) is 28.1 Å². The number of nitrogens with one attached hydrogen (secondary N) is 2. The molecular weight excluding hydrogens is 255 g/mol. The predicted molar refractivity (Wildman–Crippen MR) is 67.2 cm³/mol. The van der Waals surface area contributed by atoms with Crippen LogP contribution in [0.2, 0.25) is 0 Å². The third kappa shape index (κ3) is 3.28. The van der Waals surface area contributed by atoms with Crippen molar-refractivity contribution in [3.8, 4) is 0 Å². The van der Waals surface area contributed by atoms with Gasteiger partial charge in [-0.15, -0.1) is 0 Å². The van der Waals surface area contributed by atoms with Crippen molar-refractivity contribution in [2.24, 2.45) is 5.92 Å². The molecule has 0 saturated carbocycles. The zero-order valence-electron chi connectivity index (χ0n) is 10.0. The SMILES string of the molecule is O=S(=O)(NC[C@@H]1CCCNC1)c1ccccc1F. The summed E-state index contributed by atoms with van der Waals surface area (Å²) in [5, 5.41) is 3.21. The second-order valence-electron chi connectivity index (χ2n) is 4.49. The van der Waals surface area contributed by atoms with Crippen LogP contribution < -0.4 is 10.0 Å². The van der Waals surface area contributed by atoms with Crippen molar-refractivity contribution in [3.63, 3.8) is 0 Å². The first-order chi connectivity index (χ1) is 8.59. The fraction of sp³-hybridized carbons (Fsp3) is 0.500. The van der Waals surface area contributed by atoms with Gasteiger partial charge in [0.2, 0.25) is 10.0 Å². The summed E-state index contributed by atoms with van der Waals surface area (Å²) in [7, 11) is -3.74. The van der Waals surface area contributed by atoms with Gasteiger partial charge in [-0.3, -0.25) is 0 Å². The second kappa shape index (κ2) is 5.77. The third-order valence-corrected chi connectivity index (χ3v) is 4.54. The van der Waals surface area contributed by atoms with Crippen molar-refractivity contribution >= 4 is 10.0 Å². The van der Waals surface area contributed by atoms with E-state index in [1.165, 1.54) is 18.2 Å². The summed E-state index contributed by atoms with van der Waals surface area (Å²) in [6, 6.07) is 5.41. The maximum absolute atomic E-state index is 13.4. The molecule has 0 radical (unpaired) electrons. The standard InChI is InChI=1S/C12H17FN2O2S/c13-11-5-1-2-6-12(11)18(16,17)15-9-10-4-3-7-14-8-10/h1-2,5-6,10,14-15H,3-4,7-9H2/t10-/m1/s1. The number of halogens is 1. The maximum atomic E-state index is 13.4. The molecule has 1 aliphatic heterocycles. The highest BCUT2D eigenvalue weighted by atomic mass is 32.2. The fourth-order valence-electron chi connectivity index (χ4n) is 2.07. The molecular formula is C12H17FN2O2S. The average Bonchev–Trinajstić information content (AvgIpc) is 2.38. The van der Waals surface area contributed by atoms with Crippen LogP contribution in [0.3, 0.4) is 0 Å². The zero-order valence-corrected chi connectivity index (χ0v) is 10.8. The van der Waals surface area contributed by atoms with Gasteiger partial charge in [-0.05, 0) is 44.0 Å². The lowest BCUT2D eigenvalue weighted by Crippen LogP contribution is -2.38. The molecule has 0 spiro atoms. The van der Waals surface area contributed by atoms with E-state index in [1.54, 1.807) is 0 Å². The Morgan fingerprint density at radius 1 is 1.39 bits per heavy atom. The van der Waals surface area contributed by atoms with Crippen LogP contribution in [0.15, 0.2) is 29.2 Å². The van der Waals surface area contributed by atoms with E-state index in [0.717, 1.165) is 32.0 Å². The van der Waals surface area contributed by atoms with Gasteiger partial charge in [0, 0.05) is 6.54 Å². The minimum atomic E-state index is -3.74. The Morgan fingerprint density at radius 3 is 2.83 bits per heavy atom. The van der Waals surface area contributed by atoms with E-state index < -0.39 is 15.8 Å². The van der Waals surface area contributed by atoms with Crippen molar-refractivity contribution in [2.45, 2.75) is 17.7 Å². The van der Waals surface area contributed by atoms with Crippen molar-refractivity contribution in [1.82, 2.24) is 10.0 Å². The quantitative estimate of drug-likeness (QED) is 0.863. The van der Waals surface area contributed by atoms with Gasteiger partial charge in [0.25, 0.3) is 0 Å². The topological polar surface area (TPSA) is 58.2 Å². The van der Waals surface area contributed by atoms with Crippen molar-refractivity contribution < 1.29 is 12.8 Å². The predicted octanol–water partition coefficient (Wildman–Crippen LogP) is 1.10. The number of piperidine rings is 1. The monoisotopic (exact) mass is 272 g/mol. The lowest BCUT2D eigenvalue weighted by Gasteiger charge is -2.22. The van der Waals surface area contributed by atoms with E-state index in [9.17, 15) is 12.8 Å². The number of benzene rings is 1. The maximum Gasteiger partial charge on any atom is 0.243 e. The highest BCUT2D eigenvalue weighted by molar-refractivity contribution is 7.89. The molecule has 1 aromatic rings. The highest BCUT2D eigenvalue weighted by Gasteiger charge is 2.20. The highest BCUT2D eigenvalue weighted by Crippen LogP contribution is 2.14. The van der Waals surface area contributed by atoms with Gasteiger partial charge in [0.1, 0.15) is 10.7 Å². The molecule has 2 N–H and O–H groups in total. The van der Waals surface area contributed by atoms with E-state index in [2.05, 4.69) is 10.0 Å². The largest absolute Gasteiger partial charge is 0.316 e. The second-order valence-corrected chi connectivity index (χ2v) is 6.23. The number of hydrogen-bond donors (Lipinski definition) is 2. The molecule has 18 heavy (non-hydrogen) atoms. The Bertz CT molecular complexity index is 499. The van der Waals surface area contributed by atoms with Crippen molar-refractivity contribution in [3.05, 3.63) is 30.1 Å². The molecule has 1 aliphatic rings. The van der Waals surface area contributed by atoms with E-state index in [-0.39, 0.29) is 10.8 Å². The first-order valence-corrected chi connectivity index (χ1v) is 7.53. The Hall–Kier alpha value is -0.980. The molecule has 1 atom stereocenters. The van der Waals surface area contributed by atoms with Crippen LogP contribution >= 0.6 is 0 Å². The summed E-state index contributed by atoms with van der Waals surface area (Å²) in [4.78, 5) is -0.284. The first kappa shape index (κ1) is 13.5. The molecule has 6 heteroatoms. The van der Waals surface area contributed by atoms with Crippen LogP contribution in [0, 0.1) is 11.7 Å². The molecule has 1 fully saturated rings. The van der Waals surface area contributed by atoms with Gasteiger partial charge in [-0.25, -0.2) is 17.5 Å². The molecule has 1 heterocycles. The summed E-state index contributed by atoms with van der Waals surface area (Å²) in [5.41, 5.74) is 0. The molecule has 4 nitrogen and oxygen atoms in total. The van der Waals surface area contributed by atoms with Crippen molar-refractivity contribution in [2.75, 3.05) is 19.6 Å². The van der Waals surface area contributed by atoms with Crippen LogP contribution in [0.5, 0.6) is 0 Å². The summed E-state index contributed by atoms with van der Waals surface area (Å²) < 4.78 is 39.7. The third-order valence-electron chi connectivity index (χ3n) is 3.09. The molecule has 1 aromatic carbocycles. The first-order valence-electron chi connectivity index (χ1n) is 6.04. The minimum absolute atomic E-state index is 0.278. The molecule has 0 aromatic heterocycles. The molecule has 0 aliphatic carbocycles. The lowest BCUT2D eigenvalue weighted by atomic mass is 10.0. The van der Waals surface area contributed by atoms with Crippen molar-refractivity contribution in [1.29, 1.82) is 0 Å². The van der Waals surface area contributed by atoms with Crippen LogP contribution in [-0.2, 0) is 10.0 Å².